The lowest BCUT2D eigenvalue weighted by Crippen LogP contribution is -2.62. The Balaban J connectivity index is 1.51. The van der Waals surface area contributed by atoms with Gasteiger partial charge in [0.15, 0.2) is 0 Å². The van der Waals surface area contributed by atoms with Crippen LogP contribution in [0, 0.1) is 52.3 Å². The smallest absolute Gasteiger partial charge is 0.233 e. The molecule has 0 aromatic rings. The van der Waals surface area contributed by atoms with Gasteiger partial charge in [-0.15, -0.1) is 0 Å². The first kappa shape index (κ1) is 24.6. The van der Waals surface area contributed by atoms with Crippen LogP contribution in [-0.4, -0.2) is 18.5 Å². The summed E-state index contributed by atoms with van der Waals surface area (Å²) in [4.78, 5) is 12.3. The second-order valence-electron chi connectivity index (χ2n) is 13.3. The van der Waals surface area contributed by atoms with Gasteiger partial charge in [0.1, 0.15) is 0 Å². The molecule has 32 heavy (non-hydrogen) atoms. The second kappa shape index (κ2) is 9.59. The molecule has 1 amide bonds. The summed E-state index contributed by atoms with van der Waals surface area (Å²) >= 11 is 0. The number of nitrogens with two attached hydrogens (primary N) is 1. The van der Waals surface area contributed by atoms with Crippen LogP contribution in [0.15, 0.2) is 0 Å². The van der Waals surface area contributed by atoms with E-state index in [0.29, 0.717) is 11.5 Å². The molecule has 0 spiro atoms. The summed E-state index contributed by atoms with van der Waals surface area (Å²) in [6.45, 7) is 12.7. The van der Waals surface area contributed by atoms with Crippen LogP contribution in [0.5, 0.6) is 0 Å². The molecule has 2 unspecified atom stereocenters. The molecule has 3 nitrogen and oxygen atoms in total. The number of amides is 1. The van der Waals surface area contributed by atoms with Gasteiger partial charge in [-0.05, 0) is 104 Å². The van der Waals surface area contributed by atoms with E-state index in [1.165, 1.54) is 70.6 Å². The van der Waals surface area contributed by atoms with Crippen molar-refractivity contribution in [3.63, 3.8) is 0 Å². The molecule has 4 fully saturated rings. The molecular weight excluding hydrogens is 392 g/mol. The van der Waals surface area contributed by atoms with Crippen molar-refractivity contribution in [1.29, 1.82) is 0 Å². The number of carbonyl (C=O) groups excluding carboxylic acids is 1. The summed E-state index contributed by atoms with van der Waals surface area (Å²) in [5.74, 6) is 6.04. The maximum absolute atomic E-state index is 12.3. The van der Waals surface area contributed by atoms with Gasteiger partial charge in [-0.3, -0.25) is 4.79 Å². The molecule has 3 N–H and O–H groups in total. The summed E-state index contributed by atoms with van der Waals surface area (Å²) in [7, 11) is 0. The lowest BCUT2D eigenvalue weighted by atomic mass is 9.43. The number of hydrogen-bond donors (Lipinski definition) is 2. The molecule has 0 radical (unpaired) electrons. The largest absolute Gasteiger partial charge is 0.352 e. The first-order valence-corrected chi connectivity index (χ1v) is 14.2. The van der Waals surface area contributed by atoms with Gasteiger partial charge in [0, 0.05) is 6.04 Å². The molecule has 4 aliphatic rings. The zero-order valence-electron chi connectivity index (χ0n) is 21.8. The molecule has 4 aliphatic carbocycles. The molecular formula is C29H52N2O. The van der Waals surface area contributed by atoms with Gasteiger partial charge >= 0.3 is 0 Å². The number of rotatable bonds is 7. The Morgan fingerprint density at radius 2 is 1.75 bits per heavy atom. The van der Waals surface area contributed by atoms with Crippen LogP contribution in [0.2, 0.25) is 0 Å². The van der Waals surface area contributed by atoms with Crippen molar-refractivity contribution >= 4 is 5.91 Å². The zero-order valence-corrected chi connectivity index (χ0v) is 21.8. The van der Waals surface area contributed by atoms with Crippen molar-refractivity contribution in [2.45, 2.75) is 118 Å². The molecule has 0 aliphatic heterocycles. The Kier molecular flexibility index (Phi) is 7.36. The Hall–Kier alpha value is -0.570. The minimum atomic E-state index is 0.0517. The SMILES string of the molecule is CC(C)CCC[C@@H](C)[C@H]1CC[C@H]2[C@@H]3CCC4CCCC(NC(=O)CN)[C@]4(C)[C@H]3CC[C@]12C. The Morgan fingerprint density at radius 1 is 0.969 bits per heavy atom. The normalized spacial score (nSPS) is 44.5. The minimum absolute atomic E-state index is 0.0517. The maximum Gasteiger partial charge on any atom is 0.233 e. The highest BCUT2D eigenvalue weighted by Gasteiger charge is 2.62. The zero-order chi connectivity index (χ0) is 23.1. The first-order valence-electron chi connectivity index (χ1n) is 14.2. The minimum Gasteiger partial charge on any atom is -0.352 e. The van der Waals surface area contributed by atoms with Gasteiger partial charge in [0.05, 0.1) is 6.54 Å². The van der Waals surface area contributed by atoms with Crippen LogP contribution in [0.4, 0.5) is 0 Å². The standard InChI is InChI=1S/C29H52N2O/c1-19(2)8-6-9-20(3)23-14-15-24-22-13-12-21-10-7-11-26(31-27(32)18-30)29(21,5)25(22)16-17-28(23,24)4/h19-26H,6-18,30H2,1-5H3,(H,31,32)/t20-,21?,22+,23-,24+,25+,26?,28-,29+/m1/s1. The molecule has 0 heterocycles. The summed E-state index contributed by atoms with van der Waals surface area (Å²) in [6.07, 6.45) is 16.5. The van der Waals surface area contributed by atoms with Gasteiger partial charge < -0.3 is 11.1 Å². The van der Waals surface area contributed by atoms with Crippen molar-refractivity contribution < 1.29 is 4.79 Å². The average Bonchev–Trinajstić information content (AvgIpc) is 3.11. The van der Waals surface area contributed by atoms with E-state index in [0.717, 1.165) is 47.8 Å². The number of nitrogens with one attached hydrogen (secondary N) is 1. The highest BCUT2D eigenvalue weighted by Crippen LogP contribution is 2.68. The third-order valence-corrected chi connectivity index (χ3v) is 11.5. The van der Waals surface area contributed by atoms with Crippen molar-refractivity contribution in [3.8, 4) is 0 Å². The number of hydrogen-bond acceptors (Lipinski definition) is 2. The number of carbonyl (C=O) groups is 1. The van der Waals surface area contributed by atoms with Crippen molar-refractivity contribution in [2.75, 3.05) is 6.54 Å². The molecule has 0 saturated heterocycles. The lowest BCUT2D eigenvalue weighted by Gasteiger charge is -2.63. The Morgan fingerprint density at radius 3 is 2.47 bits per heavy atom. The van der Waals surface area contributed by atoms with Gasteiger partial charge in [0.2, 0.25) is 5.91 Å². The fraction of sp³-hybridized carbons (Fsp3) is 0.966. The van der Waals surface area contributed by atoms with E-state index in [-0.39, 0.29) is 17.9 Å². The summed E-state index contributed by atoms with van der Waals surface area (Å²) in [5, 5.41) is 3.41. The van der Waals surface area contributed by atoms with Crippen LogP contribution in [-0.2, 0) is 4.79 Å². The van der Waals surface area contributed by atoms with Crippen molar-refractivity contribution in [3.05, 3.63) is 0 Å². The highest BCUT2D eigenvalue weighted by molar-refractivity contribution is 5.78. The summed E-state index contributed by atoms with van der Waals surface area (Å²) < 4.78 is 0. The van der Waals surface area contributed by atoms with Gasteiger partial charge in [0.25, 0.3) is 0 Å². The lowest BCUT2D eigenvalue weighted by molar-refractivity contribution is -0.138. The van der Waals surface area contributed by atoms with E-state index < -0.39 is 0 Å². The third-order valence-electron chi connectivity index (χ3n) is 11.5. The van der Waals surface area contributed by atoms with Crippen LogP contribution in [0.25, 0.3) is 0 Å². The van der Waals surface area contributed by atoms with E-state index in [9.17, 15) is 4.79 Å². The van der Waals surface area contributed by atoms with E-state index in [4.69, 9.17) is 5.73 Å². The molecule has 9 atom stereocenters. The molecule has 0 aromatic carbocycles. The molecule has 184 valence electrons. The Bertz CT molecular complexity index is 662. The van der Waals surface area contributed by atoms with E-state index in [2.05, 4.69) is 39.9 Å². The third kappa shape index (κ3) is 4.18. The van der Waals surface area contributed by atoms with Crippen molar-refractivity contribution in [1.82, 2.24) is 5.32 Å². The van der Waals surface area contributed by atoms with Gasteiger partial charge in [-0.25, -0.2) is 0 Å². The van der Waals surface area contributed by atoms with Crippen LogP contribution in [0.3, 0.4) is 0 Å². The van der Waals surface area contributed by atoms with E-state index >= 15 is 0 Å². The van der Waals surface area contributed by atoms with E-state index in [1.54, 1.807) is 0 Å². The highest BCUT2D eigenvalue weighted by atomic mass is 16.1. The maximum atomic E-state index is 12.3. The van der Waals surface area contributed by atoms with Crippen molar-refractivity contribution in [2.24, 2.45) is 58.0 Å². The summed E-state index contributed by atoms with van der Waals surface area (Å²) in [5.41, 5.74) is 6.52. The number of fused-ring (bicyclic) bond motifs is 5. The van der Waals surface area contributed by atoms with Crippen LogP contribution < -0.4 is 11.1 Å². The molecule has 0 aromatic heterocycles. The monoisotopic (exact) mass is 444 g/mol. The first-order chi connectivity index (χ1) is 15.2. The topological polar surface area (TPSA) is 55.1 Å². The molecule has 3 heteroatoms. The van der Waals surface area contributed by atoms with E-state index in [1.807, 2.05) is 0 Å². The van der Waals surface area contributed by atoms with Gasteiger partial charge in [-0.1, -0.05) is 60.3 Å². The fourth-order valence-electron chi connectivity index (χ4n) is 9.85. The molecule has 0 bridgehead atoms. The Labute approximate surface area is 198 Å². The molecule has 4 rings (SSSR count). The quantitative estimate of drug-likeness (QED) is 0.468. The second-order valence-corrected chi connectivity index (χ2v) is 13.3. The average molecular weight is 445 g/mol. The molecule has 4 saturated carbocycles. The van der Waals surface area contributed by atoms with Crippen LogP contribution in [0.1, 0.15) is 112 Å². The van der Waals surface area contributed by atoms with Crippen LogP contribution >= 0.6 is 0 Å². The predicted molar refractivity (Wildman–Crippen MR) is 134 cm³/mol. The summed E-state index contributed by atoms with van der Waals surface area (Å²) in [6, 6.07) is 0.335. The fourth-order valence-corrected chi connectivity index (χ4v) is 9.85. The van der Waals surface area contributed by atoms with Gasteiger partial charge in [-0.2, -0.15) is 0 Å². The predicted octanol–water partition coefficient (Wildman–Crippen LogP) is 6.55.